The molecule has 4 aromatic rings. The van der Waals surface area contributed by atoms with Crippen LogP contribution in [0, 0.1) is 0 Å². The highest BCUT2D eigenvalue weighted by Crippen LogP contribution is 2.72. The van der Waals surface area contributed by atoms with E-state index < -0.39 is 40.5 Å². The van der Waals surface area contributed by atoms with Gasteiger partial charge in [-0.2, -0.15) is 0 Å². The minimum atomic E-state index is -2.66. The highest BCUT2D eigenvalue weighted by Gasteiger charge is 2.97. The molecule has 11 nitrogen and oxygen atoms in total. The average molecular weight is 625 g/mol. The predicted octanol–water partition coefficient (Wildman–Crippen LogP) is 4.56. The molecule has 2 bridgehead atoms. The van der Waals surface area contributed by atoms with Crippen molar-refractivity contribution in [1.29, 1.82) is 0 Å². The fraction of sp³-hybridized carbons (Fsp3) is 0.229. The molecule has 234 valence electrons. The van der Waals surface area contributed by atoms with Crippen molar-refractivity contribution in [1.82, 2.24) is 0 Å². The van der Waals surface area contributed by atoms with Gasteiger partial charge in [0.2, 0.25) is 11.6 Å². The third-order valence-electron chi connectivity index (χ3n) is 8.59. The number of esters is 1. The summed E-state index contributed by atoms with van der Waals surface area (Å²) in [6, 6.07) is 25.1. The second-order valence-electron chi connectivity index (χ2n) is 10.8. The number of carbonyl (C=O) groups is 3. The van der Waals surface area contributed by atoms with E-state index in [-0.39, 0.29) is 22.3 Å². The van der Waals surface area contributed by atoms with Crippen LogP contribution < -0.4 is 18.9 Å². The quantitative estimate of drug-likeness (QED) is 0.140. The van der Waals surface area contributed by atoms with Crippen molar-refractivity contribution in [3.05, 3.63) is 119 Å². The first-order valence-electron chi connectivity index (χ1n) is 14.2. The second kappa shape index (κ2) is 10.4. The molecule has 0 amide bonds. The lowest BCUT2D eigenvalue weighted by molar-refractivity contribution is -0.372. The van der Waals surface area contributed by atoms with Crippen LogP contribution in [0.5, 0.6) is 23.0 Å². The van der Waals surface area contributed by atoms with Crippen LogP contribution in [-0.4, -0.2) is 57.2 Å². The lowest BCUT2D eigenvalue weighted by atomic mass is 9.69. The van der Waals surface area contributed by atoms with Crippen molar-refractivity contribution in [2.45, 2.75) is 23.0 Å². The van der Waals surface area contributed by atoms with E-state index in [9.17, 15) is 9.59 Å². The number of ketones is 2. The largest absolute Gasteiger partial charge is 0.497 e. The number of hydrogen-bond acceptors (Lipinski definition) is 11. The van der Waals surface area contributed by atoms with Gasteiger partial charge in [-0.3, -0.25) is 23.8 Å². The molecular formula is C35H28O11. The lowest BCUT2D eigenvalue weighted by Gasteiger charge is -2.40. The average Bonchev–Trinajstić information content (AvgIpc) is 3.63. The monoisotopic (exact) mass is 624 g/mol. The molecule has 3 fully saturated rings. The number of fused-ring (bicyclic) bond motifs is 1. The summed E-state index contributed by atoms with van der Waals surface area (Å²) >= 11 is 0. The molecule has 3 aliphatic heterocycles. The zero-order chi connectivity index (χ0) is 32.3. The van der Waals surface area contributed by atoms with Gasteiger partial charge in [0.1, 0.15) is 23.0 Å². The minimum Gasteiger partial charge on any atom is -0.497 e. The summed E-state index contributed by atoms with van der Waals surface area (Å²) in [7, 11) is 5.98. The molecule has 0 spiro atoms. The van der Waals surface area contributed by atoms with Gasteiger partial charge < -0.3 is 23.7 Å². The summed E-state index contributed by atoms with van der Waals surface area (Å²) < 4.78 is 47.0. The molecule has 0 saturated carbocycles. The van der Waals surface area contributed by atoms with Crippen LogP contribution in [0.1, 0.15) is 31.8 Å². The molecule has 3 aliphatic rings. The first-order valence-corrected chi connectivity index (χ1v) is 14.2. The minimum absolute atomic E-state index is 0.0474. The van der Waals surface area contributed by atoms with Crippen molar-refractivity contribution < 1.29 is 52.3 Å². The Kier molecular flexibility index (Phi) is 6.67. The number of ether oxygens (including phenoxy) is 8. The fourth-order valence-corrected chi connectivity index (χ4v) is 6.30. The lowest BCUT2D eigenvalue weighted by Crippen LogP contribution is -2.68. The van der Waals surface area contributed by atoms with E-state index in [1.165, 1.54) is 52.7 Å². The van der Waals surface area contributed by atoms with Gasteiger partial charge in [-0.1, -0.05) is 0 Å². The maximum Gasteiger partial charge on any atom is 0.353 e. The molecule has 0 aliphatic carbocycles. The Bertz CT molecular complexity index is 1840. The molecule has 11 heteroatoms. The van der Waals surface area contributed by atoms with Crippen LogP contribution in [0.25, 0.3) is 0 Å². The Balaban J connectivity index is 1.52. The molecular weight excluding hydrogens is 596 g/mol. The Morgan fingerprint density at radius 3 is 1.39 bits per heavy atom. The van der Waals surface area contributed by atoms with Crippen LogP contribution in [0.4, 0.5) is 0 Å². The van der Waals surface area contributed by atoms with Crippen molar-refractivity contribution in [3.63, 3.8) is 0 Å². The first-order chi connectivity index (χ1) is 22.2. The van der Waals surface area contributed by atoms with Gasteiger partial charge in [0.05, 0.1) is 28.4 Å². The topological polar surface area (TPSA) is 125 Å². The predicted molar refractivity (Wildman–Crippen MR) is 159 cm³/mol. The number of benzene rings is 4. The van der Waals surface area contributed by atoms with Gasteiger partial charge in [-0.05, 0) is 97.1 Å². The maximum atomic E-state index is 15.1. The highest BCUT2D eigenvalue weighted by molar-refractivity contribution is 6.25. The zero-order valence-corrected chi connectivity index (χ0v) is 25.2. The van der Waals surface area contributed by atoms with E-state index in [2.05, 4.69) is 0 Å². The molecule has 4 aromatic carbocycles. The number of Topliss-reactive ketones (excluding diaryl/α,β-unsaturated/α-hetero) is 2. The highest BCUT2D eigenvalue weighted by atomic mass is 17.0. The zero-order valence-electron chi connectivity index (χ0n) is 25.2. The fourth-order valence-electron chi connectivity index (χ4n) is 6.30. The smallest absolute Gasteiger partial charge is 0.353 e. The number of rotatable bonds is 10. The number of hydrogen-bond donors (Lipinski definition) is 0. The Labute approximate surface area is 263 Å². The summed E-state index contributed by atoms with van der Waals surface area (Å²) in [5.74, 6) is -5.37. The summed E-state index contributed by atoms with van der Waals surface area (Å²) in [6.07, 6.45) is 0. The SMILES string of the molecule is COc1ccc(C(=O)[C@@]23O[C@@]4(c5ccc(OC)cc5)O[C@@](c5ccc(OC)cc5)(OC2=O)[C@]3(C(=O)c2ccc(OC)cc2)O4)cc1. The first kappa shape index (κ1) is 29.5. The molecule has 0 N–H and O–H groups in total. The van der Waals surface area contributed by atoms with Gasteiger partial charge in [0.15, 0.2) is 0 Å². The van der Waals surface area contributed by atoms with Crippen LogP contribution in [-0.2, 0) is 35.5 Å². The van der Waals surface area contributed by atoms with Gasteiger partial charge in [0, 0.05) is 22.3 Å². The van der Waals surface area contributed by atoms with Crippen molar-refractivity contribution in [2.24, 2.45) is 0 Å². The summed E-state index contributed by atoms with van der Waals surface area (Å²) in [6.45, 7) is 0. The van der Waals surface area contributed by atoms with E-state index in [1.807, 2.05) is 0 Å². The molecule has 46 heavy (non-hydrogen) atoms. The van der Waals surface area contributed by atoms with Crippen molar-refractivity contribution in [2.75, 3.05) is 28.4 Å². The summed E-state index contributed by atoms with van der Waals surface area (Å²) in [4.78, 5) is 44.3. The van der Waals surface area contributed by atoms with E-state index in [1.54, 1.807) is 72.8 Å². The second-order valence-corrected chi connectivity index (χ2v) is 10.8. The van der Waals surface area contributed by atoms with E-state index in [0.29, 0.717) is 23.0 Å². The Hall–Kier alpha value is -5.23. The van der Waals surface area contributed by atoms with Crippen LogP contribution in [0.15, 0.2) is 97.1 Å². The van der Waals surface area contributed by atoms with E-state index >= 15 is 4.79 Å². The molecule has 0 radical (unpaired) electrons. The molecule has 4 atom stereocenters. The maximum absolute atomic E-state index is 15.1. The molecule has 7 rings (SSSR count). The Morgan fingerprint density at radius 1 is 0.522 bits per heavy atom. The van der Waals surface area contributed by atoms with Crippen LogP contribution >= 0.6 is 0 Å². The third kappa shape index (κ3) is 3.73. The van der Waals surface area contributed by atoms with Crippen molar-refractivity contribution >= 4 is 17.5 Å². The summed E-state index contributed by atoms with van der Waals surface area (Å²) in [5, 5.41) is 0. The van der Waals surface area contributed by atoms with E-state index in [0.717, 1.165) is 0 Å². The van der Waals surface area contributed by atoms with Gasteiger partial charge >= 0.3 is 11.9 Å². The number of methoxy groups -OCH3 is 4. The molecule has 3 saturated heterocycles. The standard InChI is InChI=1S/C35H28O11/c1-39-25-13-5-21(6-14-25)29(36)32-31(38)43-34(23-9-17-27(41-3)18-10-23)33(32,30(37)22-7-15-26(40-2)16-8-22)45-35(44-32,46-34)24-11-19-28(42-4)20-12-24/h5-20H,1-4H3/t32-,33-,34-,35-/m1/s1. The Morgan fingerprint density at radius 2 is 0.935 bits per heavy atom. The molecule has 0 aromatic heterocycles. The molecule has 3 heterocycles. The van der Waals surface area contributed by atoms with Gasteiger partial charge in [-0.15, -0.1) is 0 Å². The van der Waals surface area contributed by atoms with E-state index in [4.69, 9.17) is 37.9 Å². The normalized spacial score (nSPS) is 27.2. The number of carbonyl (C=O) groups excluding carboxylic acids is 3. The van der Waals surface area contributed by atoms with Crippen LogP contribution in [0.3, 0.4) is 0 Å². The summed E-state index contributed by atoms with van der Waals surface area (Å²) in [5.41, 5.74) is -4.58. The van der Waals surface area contributed by atoms with Gasteiger partial charge in [-0.25, -0.2) is 4.79 Å². The van der Waals surface area contributed by atoms with Gasteiger partial charge in [0.25, 0.3) is 17.0 Å². The third-order valence-corrected chi connectivity index (χ3v) is 8.59. The molecule has 0 unspecified atom stereocenters. The van der Waals surface area contributed by atoms with Crippen LogP contribution in [0.2, 0.25) is 0 Å². The van der Waals surface area contributed by atoms with Crippen molar-refractivity contribution in [3.8, 4) is 23.0 Å².